The lowest BCUT2D eigenvalue weighted by Crippen LogP contribution is -2.54. The Bertz CT molecular complexity index is 1030. The fraction of sp³-hybridized carbons (Fsp3) is 0.190. The Morgan fingerprint density at radius 1 is 0.931 bits per heavy atom. The number of urea groups is 1. The average Bonchev–Trinajstić information content (AvgIpc) is 2.70. The molecule has 8 heteroatoms. The second-order valence-corrected chi connectivity index (χ2v) is 6.22. The molecule has 8 nitrogen and oxygen atoms in total. The summed E-state index contributed by atoms with van der Waals surface area (Å²) < 4.78 is 16.0. The van der Waals surface area contributed by atoms with Crippen molar-refractivity contribution in [2.45, 2.75) is 6.92 Å². The highest BCUT2D eigenvalue weighted by Crippen LogP contribution is 2.40. The number of imide groups is 2. The molecule has 0 spiro atoms. The van der Waals surface area contributed by atoms with Crippen LogP contribution in [0.25, 0.3) is 6.08 Å². The van der Waals surface area contributed by atoms with Crippen LogP contribution >= 0.6 is 0 Å². The van der Waals surface area contributed by atoms with Gasteiger partial charge in [0.15, 0.2) is 11.5 Å². The highest BCUT2D eigenvalue weighted by Gasteiger charge is 2.37. The number of aryl methyl sites for hydroxylation is 1. The van der Waals surface area contributed by atoms with Crippen molar-refractivity contribution in [2.75, 3.05) is 26.2 Å². The smallest absolute Gasteiger partial charge is 0.335 e. The predicted octanol–water partition coefficient (Wildman–Crippen LogP) is 2.69. The Morgan fingerprint density at radius 2 is 1.66 bits per heavy atom. The van der Waals surface area contributed by atoms with Gasteiger partial charge >= 0.3 is 6.03 Å². The summed E-state index contributed by atoms with van der Waals surface area (Å²) >= 11 is 0. The van der Waals surface area contributed by atoms with Crippen LogP contribution in [0.5, 0.6) is 17.2 Å². The first-order chi connectivity index (χ1) is 13.9. The molecule has 2 aromatic carbocycles. The lowest BCUT2D eigenvalue weighted by atomic mass is 10.0. The molecule has 1 fully saturated rings. The maximum atomic E-state index is 13.0. The maximum Gasteiger partial charge on any atom is 0.335 e. The number of benzene rings is 2. The van der Waals surface area contributed by atoms with Crippen molar-refractivity contribution >= 4 is 29.6 Å². The lowest BCUT2D eigenvalue weighted by molar-refractivity contribution is -0.122. The molecule has 0 bridgehead atoms. The van der Waals surface area contributed by atoms with Crippen molar-refractivity contribution in [1.29, 1.82) is 0 Å². The number of amides is 4. The van der Waals surface area contributed by atoms with Gasteiger partial charge in [-0.05, 0) is 42.8 Å². The Morgan fingerprint density at radius 3 is 2.28 bits per heavy atom. The molecule has 0 saturated carbocycles. The Kier molecular flexibility index (Phi) is 5.54. The number of rotatable bonds is 5. The van der Waals surface area contributed by atoms with Gasteiger partial charge in [0.1, 0.15) is 5.57 Å². The van der Waals surface area contributed by atoms with Crippen LogP contribution in [0.15, 0.2) is 42.0 Å². The van der Waals surface area contributed by atoms with E-state index in [0.29, 0.717) is 28.5 Å². The van der Waals surface area contributed by atoms with Crippen molar-refractivity contribution in [2.24, 2.45) is 0 Å². The summed E-state index contributed by atoms with van der Waals surface area (Å²) in [7, 11) is 4.37. The third-order valence-electron chi connectivity index (χ3n) is 4.40. The standard InChI is InChI=1S/C21H20N2O6/c1-12-6-5-7-14(10-12)23-20(25)15(19(24)22-21(23)26)11-13-8-9-16(27-2)18(29-4)17(13)28-3/h5-11H,1-4H3,(H,22,24,26). The van der Waals surface area contributed by atoms with Gasteiger partial charge in [0.2, 0.25) is 5.75 Å². The minimum absolute atomic E-state index is 0.211. The topological polar surface area (TPSA) is 94.2 Å². The largest absolute Gasteiger partial charge is 0.493 e. The molecule has 1 saturated heterocycles. The highest BCUT2D eigenvalue weighted by atomic mass is 16.5. The summed E-state index contributed by atoms with van der Waals surface area (Å²) in [5.41, 5.74) is 1.44. The van der Waals surface area contributed by atoms with Gasteiger partial charge in [-0.15, -0.1) is 0 Å². The molecule has 1 N–H and O–H groups in total. The number of carbonyl (C=O) groups excluding carboxylic acids is 3. The summed E-state index contributed by atoms with van der Waals surface area (Å²) in [6, 6.07) is 9.32. The van der Waals surface area contributed by atoms with E-state index in [9.17, 15) is 14.4 Å². The minimum atomic E-state index is -0.804. The van der Waals surface area contributed by atoms with Gasteiger partial charge in [0, 0.05) is 5.56 Å². The molecule has 150 valence electrons. The Labute approximate surface area is 167 Å². The van der Waals surface area contributed by atoms with E-state index in [1.165, 1.54) is 27.4 Å². The van der Waals surface area contributed by atoms with Crippen LogP contribution in [-0.2, 0) is 9.59 Å². The monoisotopic (exact) mass is 396 g/mol. The summed E-state index contributed by atoms with van der Waals surface area (Å²) in [6.07, 6.45) is 1.35. The van der Waals surface area contributed by atoms with E-state index >= 15 is 0 Å². The molecular weight excluding hydrogens is 376 g/mol. The summed E-state index contributed by atoms with van der Waals surface area (Å²) in [6.45, 7) is 1.84. The minimum Gasteiger partial charge on any atom is -0.493 e. The van der Waals surface area contributed by atoms with Gasteiger partial charge in [-0.1, -0.05) is 12.1 Å². The van der Waals surface area contributed by atoms with E-state index in [1.807, 2.05) is 13.0 Å². The SMILES string of the molecule is COc1ccc(C=C2C(=O)NC(=O)N(c3cccc(C)c3)C2=O)c(OC)c1OC. The third kappa shape index (κ3) is 3.64. The fourth-order valence-corrected chi connectivity index (χ4v) is 3.05. The van der Waals surface area contributed by atoms with Gasteiger partial charge in [-0.3, -0.25) is 14.9 Å². The first-order valence-electron chi connectivity index (χ1n) is 8.68. The molecule has 1 aliphatic rings. The normalized spacial score (nSPS) is 15.4. The first-order valence-corrected chi connectivity index (χ1v) is 8.68. The number of methoxy groups -OCH3 is 3. The number of hydrogen-bond acceptors (Lipinski definition) is 6. The summed E-state index contributed by atoms with van der Waals surface area (Å²) in [5, 5.41) is 2.20. The molecule has 1 aliphatic heterocycles. The molecule has 3 rings (SSSR count). The van der Waals surface area contributed by atoms with Crippen LogP contribution in [0.4, 0.5) is 10.5 Å². The van der Waals surface area contributed by atoms with E-state index in [4.69, 9.17) is 14.2 Å². The van der Waals surface area contributed by atoms with Crippen molar-refractivity contribution in [3.63, 3.8) is 0 Å². The fourth-order valence-electron chi connectivity index (χ4n) is 3.05. The Balaban J connectivity index is 2.10. The number of hydrogen-bond donors (Lipinski definition) is 1. The van der Waals surface area contributed by atoms with Gasteiger partial charge < -0.3 is 14.2 Å². The van der Waals surface area contributed by atoms with E-state index in [2.05, 4.69) is 5.32 Å². The van der Waals surface area contributed by atoms with Crippen LogP contribution in [-0.4, -0.2) is 39.2 Å². The number of anilines is 1. The maximum absolute atomic E-state index is 13.0. The molecular formula is C21H20N2O6. The van der Waals surface area contributed by atoms with Crippen molar-refractivity contribution in [1.82, 2.24) is 5.32 Å². The van der Waals surface area contributed by atoms with Crippen LogP contribution in [0.1, 0.15) is 11.1 Å². The molecule has 2 aromatic rings. The van der Waals surface area contributed by atoms with Crippen molar-refractivity contribution in [3.8, 4) is 17.2 Å². The number of carbonyl (C=O) groups is 3. The molecule has 0 aliphatic carbocycles. The van der Waals surface area contributed by atoms with Crippen LogP contribution in [0.3, 0.4) is 0 Å². The molecule has 1 heterocycles. The molecule has 4 amide bonds. The van der Waals surface area contributed by atoms with Gasteiger partial charge in [-0.25, -0.2) is 9.69 Å². The van der Waals surface area contributed by atoms with E-state index in [-0.39, 0.29) is 5.57 Å². The highest BCUT2D eigenvalue weighted by molar-refractivity contribution is 6.39. The van der Waals surface area contributed by atoms with E-state index in [1.54, 1.807) is 30.3 Å². The van der Waals surface area contributed by atoms with Crippen LogP contribution in [0.2, 0.25) is 0 Å². The van der Waals surface area contributed by atoms with Crippen molar-refractivity contribution in [3.05, 3.63) is 53.1 Å². The van der Waals surface area contributed by atoms with Gasteiger partial charge in [0.05, 0.1) is 27.0 Å². The zero-order chi connectivity index (χ0) is 21.1. The Hall–Kier alpha value is -3.81. The zero-order valence-corrected chi connectivity index (χ0v) is 16.4. The predicted molar refractivity (Wildman–Crippen MR) is 106 cm³/mol. The van der Waals surface area contributed by atoms with Crippen LogP contribution in [0, 0.1) is 6.92 Å². The average molecular weight is 396 g/mol. The van der Waals surface area contributed by atoms with E-state index in [0.717, 1.165) is 10.5 Å². The third-order valence-corrected chi connectivity index (χ3v) is 4.40. The number of ether oxygens (including phenoxy) is 3. The van der Waals surface area contributed by atoms with Crippen LogP contribution < -0.4 is 24.4 Å². The number of nitrogens with one attached hydrogen (secondary N) is 1. The quantitative estimate of drug-likeness (QED) is 0.617. The van der Waals surface area contributed by atoms with Gasteiger partial charge in [-0.2, -0.15) is 0 Å². The van der Waals surface area contributed by atoms with Crippen molar-refractivity contribution < 1.29 is 28.6 Å². The summed E-state index contributed by atoms with van der Waals surface area (Å²) in [5.74, 6) is -0.483. The summed E-state index contributed by atoms with van der Waals surface area (Å²) in [4.78, 5) is 38.7. The first kappa shape index (κ1) is 19.9. The molecule has 0 unspecified atom stereocenters. The molecule has 0 radical (unpaired) electrons. The molecule has 0 atom stereocenters. The number of barbiturate groups is 1. The lowest BCUT2D eigenvalue weighted by Gasteiger charge is -2.26. The molecule has 29 heavy (non-hydrogen) atoms. The van der Waals surface area contributed by atoms with Gasteiger partial charge in [0.25, 0.3) is 11.8 Å². The second kappa shape index (κ2) is 8.05. The zero-order valence-electron chi connectivity index (χ0n) is 16.4. The second-order valence-electron chi connectivity index (χ2n) is 6.22. The number of nitrogens with zero attached hydrogens (tertiary/aromatic N) is 1. The molecule has 0 aromatic heterocycles. The van der Waals surface area contributed by atoms with E-state index < -0.39 is 17.8 Å².